The Bertz CT molecular complexity index is 819. The molecule has 0 aliphatic carbocycles. The van der Waals surface area contributed by atoms with Gasteiger partial charge in [-0.15, -0.1) is 0 Å². The monoisotopic (exact) mass is 370 g/mol. The van der Waals surface area contributed by atoms with Crippen LogP contribution in [0.15, 0.2) is 48.5 Å². The van der Waals surface area contributed by atoms with Gasteiger partial charge < -0.3 is 15.5 Å². The molecule has 0 atom stereocenters. The predicted octanol–water partition coefficient (Wildman–Crippen LogP) is 3.13. The standard InChI is InChI=1S/C19H22N4O4/c1-22(2)19(25)14-5-3-6-16(13-14)21-18(24)7-4-12-20-15-8-10-17(11-9-15)23(26)27/h3,5-6,8-11,13,20H,4,7,12H2,1-2H3,(H,21,24). The number of nitro groups is 1. The van der Waals surface area contributed by atoms with Crippen molar-refractivity contribution in [3.05, 3.63) is 64.2 Å². The average Bonchev–Trinajstić information content (AvgIpc) is 2.65. The molecule has 8 heteroatoms. The molecule has 2 aromatic carbocycles. The van der Waals surface area contributed by atoms with E-state index in [-0.39, 0.29) is 17.5 Å². The van der Waals surface area contributed by atoms with Gasteiger partial charge in [-0.05, 0) is 36.8 Å². The minimum atomic E-state index is -0.449. The lowest BCUT2D eigenvalue weighted by atomic mass is 10.1. The summed E-state index contributed by atoms with van der Waals surface area (Å²) in [6, 6.07) is 12.9. The number of nitrogens with zero attached hydrogens (tertiary/aromatic N) is 2. The summed E-state index contributed by atoms with van der Waals surface area (Å²) >= 11 is 0. The molecule has 0 unspecified atom stereocenters. The molecule has 2 aromatic rings. The van der Waals surface area contributed by atoms with Crippen molar-refractivity contribution in [1.29, 1.82) is 0 Å². The first kappa shape index (κ1) is 19.9. The molecule has 0 fully saturated rings. The second kappa shape index (κ2) is 9.33. The summed E-state index contributed by atoms with van der Waals surface area (Å²) in [5, 5.41) is 16.5. The van der Waals surface area contributed by atoms with Crippen molar-refractivity contribution in [2.24, 2.45) is 0 Å². The van der Waals surface area contributed by atoms with Gasteiger partial charge in [-0.25, -0.2) is 0 Å². The lowest BCUT2D eigenvalue weighted by Gasteiger charge is -2.12. The highest BCUT2D eigenvalue weighted by Gasteiger charge is 2.09. The van der Waals surface area contributed by atoms with Crippen LogP contribution in [0.3, 0.4) is 0 Å². The van der Waals surface area contributed by atoms with E-state index in [4.69, 9.17) is 0 Å². The summed E-state index contributed by atoms with van der Waals surface area (Å²) in [6.45, 7) is 0.560. The number of nitrogens with one attached hydrogen (secondary N) is 2. The molecule has 142 valence electrons. The third kappa shape index (κ3) is 6.10. The Morgan fingerprint density at radius 1 is 1.07 bits per heavy atom. The van der Waals surface area contributed by atoms with E-state index in [9.17, 15) is 19.7 Å². The summed E-state index contributed by atoms with van der Waals surface area (Å²) < 4.78 is 0. The van der Waals surface area contributed by atoms with E-state index < -0.39 is 4.92 Å². The van der Waals surface area contributed by atoms with Crippen LogP contribution in [0.1, 0.15) is 23.2 Å². The maximum atomic E-state index is 12.0. The van der Waals surface area contributed by atoms with Crippen LogP contribution < -0.4 is 10.6 Å². The normalized spacial score (nSPS) is 10.1. The second-order valence-corrected chi connectivity index (χ2v) is 6.16. The molecular weight excluding hydrogens is 348 g/mol. The number of carbonyl (C=O) groups is 2. The van der Waals surface area contributed by atoms with Gasteiger partial charge in [0.05, 0.1) is 4.92 Å². The molecule has 0 aromatic heterocycles. The van der Waals surface area contributed by atoms with Crippen LogP contribution in [0, 0.1) is 10.1 Å². The SMILES string of the molecule is CN(C)C(=O)c1cccc(NC(=O)CCCNc2ccc([N+](=O)[O-])cc2)c1. The largest absolute Gasteiger partial charge is 0.385 e. The van der Waals surface area contributed by atoms with E-state index in [1.54, 1.807) is 50.5 Å². The minimum absolute atomic E-state index is 0.0370. The molecule has 27 heavy (non-hydrogen) atoms. The van der Waals surface area contributed by atoms with Gasteiger partial charge in [0, 0.05) is 56.1 Å². The van der Waals surface area contributed by atoms with Gasteiger partial charge in [-0.2, -0.15) is 0 Å². The third-order valence-electron chi connectivity index (χ3n) is 3.79. The van der Waals surface area contributed by atoms with Gasteiger partial charge in [0.25, 0.3) is 11.6 Å². The molecular formula is C19H22N4O4. The molecule has 0 bridgehead atoms. The number of non-ortho nitro benzene ring substituents is 1. The van der Waals surface area contributed by atoms with Crippen LogP contribution in [-0.4, -0.2) is 42.3 Å². The van der Waals surface area contributed by atoms with Crippen molar-refractivity contribution >= 4 is 28.9 Å². The van der Waals surface area contributed by atoms with Crippen LogP contribution in [0.4, 0.5) is 17.1 Å². The van der Waals surface area contributed by atoms with Crippen LogP contribution >= 0.6 is 0 Å². The Hall–Kier alpha value is -3.42. The van der Waals surface area contributed by atoms with Gasteiger partial charge in [0.1, 0.15) is 0 Å². The van der Waals surface area contributed by atoms with Crippen molar-refractivity contribution in [2.45, 2.75) is 12.8 Å². The molecule has 2 N–H and O–H groups in total. The number of carbonyl (C=O) groups excluding carboxylic acids is 2. The number of amides is 2. The third-order valence-corrected chi connectivity index (χ3v) is 3.79. The summed E-state index contributed by atoms with van der Waals surface area (Å²) in [5.41, 5.74) is 1.89. The Balaban J connectivity index is 1.77. The molecule has 2 rings (SSSR count). The molecule has 0 spiro atoms. The van der Waals surface area contributed by atoms with Crippen LogP contribution in [0.2, 0.25) is 0 Å². The zero-order chi connectivity index (χ0) is 19.8. The summed E-state index contributed by atoms with van der Waals surface area (Å²) in [7, 11) is 3.34. The van der Waals surface area contributed by atoms with Gasteiger partial charge in [0.2, 0.25) is 5.91 Å². The summed E-state index contributed by atoms with van der Waals surface area (Å²) in [5.74, 6) is -0.270. The fourth-order valence-electron chi connectivity index (χ4n) is 2.39. The average molecular weight is 370 g/mol. The van der Waals surface area contributed by atoms with E-state index in [0.29, 0.717) is 30.6 Å². The van der Waals surface area contributed by atoms with Gasteiger partial charge in [-0.1, -0.05) is 6.07 Å². The predicted molar refractivity (Wildman–Crippen MR) is 104 cm³/mol. The summed E-state index contributed by atoms with van der Waals surface area (Å²) in [6.07, 6.45) is 0.908. The molecule has 0 heterocycles. The van der Waals surface area contributed by atoms with Gasteiger partial charge in [-0.3, -0.25) is 19.7 Å². The fourth-order valence-corrected chi connectivity index (χ4v) is 2.39. The molecule has 0 saturated carbocycles. The first-order valence-electron chi connectivity index (χ1n) is 8.46. The number of hydrogen-bond donors (Lipinski definition) is 2. The van der Waals surface area contributed by atoms with E-state index in [1.165, 1.54) is 17.0 Å². The Morgan fingerprint density at radius 3 is 2.41 bits per heavy atom. The Kier molecular flexibility index (Phi) is 6.87. The number of nitro benzene ring substituents is 1. The maximum Gasteiger partial charge on any atom is 0.269 e. The molecule has 0 saturated heterocycles. The smallest absolute Gasteiger partial charge is 0.269 e. The highest BCUT2D eigenvalue weighted by atomic mass is 16.6. The van der Waals surface area contributed by atoms with E-state index in [2.05, 4.69) is 10.6 Å². The Labute approximate surface area is 157 Å². The number of benzene rings is 2. The molecule has 8 nitrogen and oxygen atoms in total. The van der Waals surface area contributed by atoms with Gasteiger partial charge >= 0.3 is 0 Å². The Morgan fingerprint density at radius 2 is 1.78 bits per heavy atom. The summed E-state index contributed by atoms with van der Waals surface area (Å²) in [4.78, 5) is 35.6. The van der Waals surface area contributed by atoms with E-state index in [1.807, 2.05) is 0 Å². The first-order valence-corrected chi connectivity index (χ1v) is 8.46. The zero-order valence-electron chi connectivity index (χ0n) is 15.3. The number of hydrogen-bond acceptors (Lipinski definition) is 5. The van der Waals surface area contributed by atoms with Crippen molar-refractivity contribution in [3.63, 3.8) is 0 Å². The van der Waals surface area contributed by atoms with Gasteiger partial charge in [0.15, 0.2) is 0 Å². The molecule has 0 aliphatic heterocycles. The van der Waals surface area contributed by atoms with Crippen molar-refractivity contribution in [3.8, 4) is 0 Å². The number of anilines is 2. The number of rotatable bonds is 8. The van der Waals surface area contributed by atoms with Crippen molar-refractivity contribution in [2.75, 3.05) is 31.3 Å². The lowest BCUT2D eigenvalue weighted by Crippen LogP contribution is -2.22. The van der Waals surface area contributed by atoms with Crippen LogP contribution in [0.5, 0.6) is 0 Å². The van der Waals surface area contributed by atoms with E-state index in [0.717, 1.165) is 5.69 Å². The quantitative estimate of drug-likeness (QED) is 0.422. The first-order chi connectivity index (χ1) is 12.9. The molecule has 2 amide bonds. The molecule has 0 radical (unpaired) electrons. The van der Waals surface area contributed by atoms with E-state index >= 15 is 0 Å². The highest BCUT2D eigenvalue weighted by Crippen LogP contribution is 2.16. The zero-order valence-corrected chi connectivity index (χ0v) is 15.3. The van der Waals surface area contributed by atoms with Crippen LogP contribution in [-0.2, 0) is 4.79 Å². The molecule has 0 aliphatic rings. The van der Waals surface area contributed by atoms with Crippen molar-refractivity contribution < 1.29 is 14.5 Å². The topological polar surface area (TPSA) is 105 Å². The second-order valence-electron chi connectivity index (χ2n) is 6.16. The maximum absolute atomic E-state index is 12.0. The van der Waals surface area contributed by atoms with Crippen molar-refractivity contribution in [1.82, 2.24) is 4.90 Å². The fraction of sp³-hybridized carbons (Fsp3) is 0.263. The highest BCUT2D eigenvalue weighted by molar-refractivity contribution is 5.96. The minimum Gasteiger partial charge on any atom is -0.385 e. The lowest BCUT2D eigenvalue weighted by molar-refractivity contribution is -0.384. The van der Waals surface area contributed by atoms with Crippen LogP contribution in [0.25, 0.3) is 0 Å².